The van der Waals surface area contributed by atoms with Crippen molar-refractivity contribution in [2.75, 3.05) is 0 Å². The van der Waals surface area contributed by atoms with E-state index < -0.39 is 0 Å². The lowest BCUT2D eigenvalue weighted by molar-refractivity contribution is 0.231. The van der Waals surface area contributed by atoms with Crippen LogP contribution in [0.1, 0.15) is 42.3 Å². The Morgan fingerprint density at radius 3 is 2.67 bits per heavy atom. The molecule has 1 heterocycles. The normalized spacial score (nSPS) is 18.6. The van der Waals surface area contributed by atoms with Crippen molar-refractivity contribution in [2.45, 2.75) is 39.2 Å². The van der Waals surface area contributed by atoms with Gasteiger partial charge in [-0.15, -0.1) is 0 Å². The molecule has 4 heteroatoms. The van der Waals surface area contributed by atoms with Gasteiger partial charge in [0.15, 0.2) is 0 Å². The summed E-state index contributed by atoms with van der Waals surface area (Å²) in [7, 11) is 0. The van der Waals surface area contributed by atoms with Crippen molar-refractivity contribution in [1.82, 2.24) is 15.6 Å². The largest absolute Gasteiger partial charge is 0.271 e. The van der Waals surface area contributed by atoms with Gasteiger partial charge in [0.2, 0.25) is 0 Å². The van der Waals surface area contributed by atoms with Crippen LogP contribution in [0.4, 0.5) is 0 Å². The highest BCUT2D eigenvalue weighted by Gasteiger charge is 2.29. The monoisotopic (exact) mass is 206 g/mol. The van der Waals surface area contributed by atoms with Crippen LogP contribution in [0.15, 0.2) is 6.07 Å². The van der Waals surface area contributed by atoms with E-state index >= 15 is 0 Å². The Balaban J connectivity index is 2.28. The van der Waals surface area contributed by atoms with Crippen molar-refractivity contribution in [3.05, 3.63) is 23.0 Å². The molecule has 1 aromatic rings. The summed E-state index contributed by atoms with van der Waals surface area (Å²) in [5, 5.41) is 8.18. The van der Waals surface area contributed by atoms with Gasteiger partial charge in [0.1, 0.15) is 0 Å². The molecule has 82 valence electrons. The molecule has 0 amide bonds. The fourth-order valence-corrected chi connectivity index (χ4v) is 2.14. The molecule has 4 nitrogen and oxygen atoms in total. The van der Waals surface area contributed by atoms with Crippen LogP contribution in [0.25, 0.3) is 0 Å². The van der Waals surface area contributed by atoms with Gasteiger partial charge in [-0.05, 0) is 44.2 Å². The van der Waals surface area contributed by atoms with E-state index in [1.54, 1.807) is 0 Å². The van der Waals surface area contributed by atoms with E-state index in [1.165, 1.54) is 24.8 Å². The number of aryl methyl sites for hydroxylation is 2. The molecule has 1 aromatic heterocycles. The van der Waals surface area contributed by atoms with Crippen LogP contribution in [-0.2, 0) is 0 Å². The molecule has 15 heavy (non-hydrogen) atoms. The van der Waals surface area contributed by atoms with Gasteiger partial charge in [-0.25, -0.2) is 0 Å². The van der Waals surface area contributed by atoms with Gasteiger partial charge >= 0.3 is 0 Å². The molecule has 0 bridgehead atoms. The number of nitrogens with zero attached hydrogens (tertiary/aromatic N) is 2. The van der Waals surface area contributed by atoms with Crippen LogP contribution in [0.3, 0.4) is 0 Å². The number of nitrogens with one attached hydrogen (secondary N) is 1. The summed E-state index contributed by atoms with van der Waals surface area (Å²) in [6.07, 6.45) is 3.84. The molecule has 1 aliphatic rings. The summed E-state index contributed by atoms with van der Waals surface area (Å²) in [5.41, 5.74) is 6.06. The summed E-state index contributed by atoms with van der Waals surface area (Å²) < 4.78 is 0. The predicted molar refractivity (Wildman–Crippen MR) is 58.9 cm³/mol. The van der Waals surface area contributed by atoms with Gasteiger partial charge in [-0.3, -0.25) is 11.3 Å². The van der Waals surface area contributed by atoms with Crippen molar-refractivity contribution in [2.24, 2.45) is 11.8 Å². The molecule has 0 spiro atoms. The Labute approximate surface area is 90.2 Å². The van der Waals surface area contributed by atoms with Gasteiger partial charge in [0, 0.05) is 0 Å². The fraction of sp³-hybridized carbons (Fsp3) is 0.636. The Hall–Kier alpha value is -1.00. The molecule has 1 aliphatic carbocycles. The summed E-state index contributed by atoms with van der Waals surface area (Å²) in [6.45, 7) is 3.95. The highest BCUT2D eigenvalue weighted by Crippen LogP contribution is 2.37. The number of nitrogens with two attached hydrogens (primary N) is 1. The fourth-order valence-electron chi connectivity index (χ4n) is 2.14. The maximum absolute atomic E-state index is 5.64. The Bertz CT molecular complexity index is 346. The maximum atomic E-state index is 5.64. The topological polar surface area (TPSA) is 63.8 Å². The number of aromatic nitrogens is 2. The first-order valence-electron chi connectivity index (χ1n) is 5.49. The third-order valence-electron chi connectivity index (χ3n) is 3.28. The Morgan fingerprint density at radius 2 is 2.13 bits per heavy atom. The van der Waals surface area contributed by atoms with Crippen LogP contribution in [0, 0.1) is 19.8 Å². The summed E-state index contributed by atoms with van der Waals surface area (Å²) in [5.74, 6) is 6.30. The third kappa shape index (κ3) is 2.01. The number of rotatable bonds is 3. The lowest BCUT2D eigenvalue weighted by atomic mass is 9.77. The van der Waals surface area contributed by atoms with E-state index in [1.807, 2.05) is 13.8 Å². The molecule has 0 saturated heterocycles. The van der Waals surface area contributed by atoms with Crippen molar-refractivity contribution in [3.63, 3.8) is 0 Å². The van der Waals surface area contributed by atoms with Gasteiger partial charge < -0.3 is 0 Å². The Kier molecular flexibility index (Phi) is 2.98. The molecule has 1 unspecified atom stereocenters. The number of hydrogen-bond acceptors (Lipinski definition) is 4. The van der Waals surface area contributed by atoms with Gasteiger partial charge in [-0.2, -0.15) is 10.2 Å². The summed E-state index contributed by atoms with van der Waals surface area (Å²) >= 11 is 0. The average Bonchev–Trinajstić information content (AvgIpc) is 2.15. The van der Waals surface area contributed by atoms with Crippen molar-refractivity contribution < 1.29 is 0 Å². The van der Waals surface area contributed by atoms with E-state index in [0.29, 0.717) is 5.92 Å². The zero-order chi connectivity index (χ0) is 10.8. The molecule has 0 aliphatic heterocycles. The molecule has 1 fully saturated rings. The first-order chi connectivity index (χ1) is 7.22. The molecule has 3 N–H and O–H groups in total. The average molecular weight is 206 g/mol. The van der Waals surface area contributed by atoms with Crippen LogP contribution < -0.4 is 11.3 Å². The number of hydrazine groups is 1. The van der Waals surface area contributed by atoms with Gasteiger partial charge in [-0.1, -0.05) is 6.42 Å². The third-order valence-corrected chi connectivity index (χ3v) is 3.28. The summed E-state index contributed by atoms with van der Waals surface area (Å²) in [4.78, 5) is 0. The zero-order valence-corrected chi connectivity index (χ0v) is 9.33. The van der Waals surface area contributed by atoms with E-state index in [0.717, 1.165) is 11.4 Å². The molecule has 1 atom stereocenters. The highest BCUT2D eigenvalue weighted by molar-refractivity contribution is 5.24. The second-order valence-electron chi connectivity index (χ2n) is 4.36. The minimum Gasteiger partial charge on any atom is -0.271 e. The standard InChI is InChI=1S/C11H18N4/c1-7-6-10(8(2)15-14-7)11(13-12)9-4-3-5-9/h6,9,11,13H,3-5,12H2,1-2H3. The first kappa shape index (κ1) is 10.5. The van der Waals surface area contributed by atoms with Crippen LogP contribution in [0.5, 0.6) is 0 Å². The molecule has 1 saturated carbocycles. The van der Waals surface area contributed by atoms with Crippen molar-refractivity contribution in [3.8, 4) is 0 Å². The molecule has 2 rings (SSSR count). The molecular formula is C11H18N4. The van der Waals surface area contributed by atoms with Crippen LogP contribution >= 0.6 is 0 Å². The minimum atomic E-state index is 0.243. The lowest BCUT2D eigenvalue weighted by Gasteiger charge is -2.34. The molecule has 0 aromatic carbocycles. The van der Waals surface area contributed by atoms with E-state index in [-0.39, 0.29) is 6.04 Å². The van der Waals surface area contributed by atoms with E-state index in [2.05, 4.69) is 21.7 Å². The number of hydrogen-bond donors (Lipinski definition) is 2. The molecular weight excluding hydrogens is 188 g/mol. The SMILES string of the molecule is Cc1cc(C(NN)C2CCC2)c(C)nn1. The van der Waals surface area contributed by atoms with E-state index in [4.69, 9.17) is 5.84 Å². The second-order valence-corrected chi connectivity index (χ2v) is 4.36. The van der Waals surface area contributed by atoms with Gasteiger partial charge in [0.05, 0.1) is 17.4 Å². The quantitative estimate of drug-likeness (QED) is 0.579. The van der Waals surface area contributed by atoms with Crippen molar-refractivity contribution >= 4 is 0 Å². The van der Waals surface area contributed by atoms with E-state index in [9.17, 15) is 0 Å². The second kappa shape index (κ2) is 4.24. The van der Waals surface area contributed by atoms with Crippen LogP contribution in [0.2, 0.25) is 0 Å². The predicted octanol–water partition coefficient (Wildman–Crippen LogP) is 1.40. The lowest BCUT2D eigenvalue weighted by Crippen LogP contribution is -2.37. The molecule has 0 radical (unpaired) electrons. The van der Waals surface area contributed by atoms with Crippen LogP contribution in [-0.4, -0.2) is 10.2 Å². The van der Waals surface area contributed by atoms with Crippen molar-refractivity contribution in [1.29, 1.82) is 0 Å². The first-order valence-corrected chi connectivity index (χ1v) is 5.49. The summed E-state index contributed by atoms with van der Waals surface area (Å²) in [6, 6.07) is 2.33. The maximum Gasteiger partial charge on any atom is 0.0648 e. The Morgan fingerprint density at radius 1 is 1.40 bits per heavy atom. The smallest absolute Gasteiger partial charge is 0.0648 e. The highest BCUT2D eigenvalue weighted by atomic mass is 15.2. The minimum absolute atomic E-state index is 0.243. The van der Waals surface area contributed by atoms with Gasteiger partial charge in [0.25, 0.3) is 0 Å². The zero-order valence-electron chi connectivity index (χ0n) is 9.33.